The van der Waals surface area contributed by atoms with Crippen molar-refractivity contribution >= 4 is 6.09 Å². The van der Waals surface area contributed by atoms with E-state index in [9.17, 15) is 4.79 Å². The van der Waals surface area contributed by atoms with E-state index < -0.39 is 6.09 Å². The summed E-state index contributed by atoms with van der Waals surface area (Å²) in [7, 11) is 0. The first-order chi connectivity index (χ1) is 11.7. The summed E-state index contributed by atoms with van der Waals surface area (Å²) < 4.78 is 5.10. The fourth-order valence-corrected chi connectivity index (χ4v) is 1.93. The van der Waals surface area contributed by atoms with Gasteiger partial charge in [-0.2, -0.15) is 5.26 Å². The molecule has 1 aromatic carbocycles. The van der Waals surface area contributed by atoms with E-state index in [4.69, 9.17) is 10.00 Å². The normalized spacial score (nSPS) is 9.33. The van der Waals surface area contributed by atoms with Gasteiger partial charge in [0.25, 0.3) is 0 Å². The minimum absolute atomic E-state index is 0.245. The number of hydrogen-bond acceptors (Lipinski definition) is 4. The Balaban J connectivity index is 1.70. The number of carbonyl (C=O) groups is 1. The summed E-state index contributed by atoms with van der Waals surface area (Å²) in [5.74, 6) is 5.91. The quantitative estimate of drug-likeness (QED) is 0.694. The van der Waals surface area contributed by atoms with Crippen molar-refractivity contribution in [3.63, 3.8) is 0 Å². The number of amides is 1. The minimum Gasteiger partial charge on any atom is -0.445 e. The number of ether oxygens (including phenoxy) is 1. The molecule has 0 aliphatic heterocycles. The lowest BCUT2D eigenvalue weighted by atomic mass is 10.1. The second-order valence-electron chi connectivity index (χ2n) is 5.04. The van der Waals surface area contributed by atoms with E-state index in [0.717, 1.165) is 16.7 Å². The molecule has 1 heterocycles. The van der Waals surface area contributed by atoms with Gasteiger partial charge in [-0.1, -0.05) is 42.2 Å². The Kier molecular flexibility index (Phi) is 6.37. The van der Waals surface area contributed by atoms with Gasteiger partial charge in [-0.3, -0.25) is 0 Å². The molecule has 0 aliphatic rings. The molecule has 0 saturated heterocycles. The molecular formula is C19H17N3O2. The molecule has 0 unspecified atom stereocenters. The lowest BCUT2D eigenvalue weighted by Gasteiger charge is -2.05. The Bertz CT molecular complexity index is 799. The van der Waals surface area contributed by atoms with Crippen molar-refractivity contribution in [3.8, 4) is 17.9 Å². The van der Waals surface area contributed by atoms with Gasteiger partial charge in [-0.25, -0.2) is 9.78 Å². The summed E-state index contributed by atoms with van der Waals surface area (Å²) in [6.07, 6.45) is 1.61. The molecule has 0 aliphatic carbocycles. The van der Waals surface area contributed by atoms with Crippen molar-refractivity contribution in [1.82, 2.24) is 10.3 Å². The van der Waals surface area contributed by atoms with Crippen LogP contribution >= 0.6 is 0 Å². The van der Waals surface area contributed by atoms with Crippen LogP contribution in [0.15, 0.2) is 42.6 Å². The summed E-state index contributed by atoms with van der Waals surface area (Å²) in [6, 6.07) is 13.3. The van der Waals surface area contributed by atoms with Crippen LogP contribution in [0, 0.1) is 30.1 Å². The highest BCUT2D eigenvalue weighted by atomic mass is 16.5. The third-order valence-corrected chi connectivity index (χ3v) is 3.15. The van der Waals surface area contributed by atoms with Crippen molar-refractivity contribution in [3.05, 3.63) is 65.0 Å². The van der Waals surface area contributed by atoms with E-state index in [2.05, 4.69) is 22.1 Å². The fourth-order valence-electron chi connectivity index (χ4n) is 1.93. The number of carbonyl (C=O) groups excluding carboxylic acids is 1. The van der Waals surface area contributed by atoms with Crippen LogP contribution in [0.3, 0.4) is 0 Å². The average Bonchev–Trinajstić information content (AvgIpc) is 2.61. The maximum Gasteiger partial charge on any atom is 0.407 e. The lowest BCUT2D eigenvalue weighted by molar-refractivity contribution is 0.140. The summed E-state index contributed by atoms with van der Waals surface area (Å²) >= 11 is 0. The number of nitriles is 1. The average molecular weight is 319 g/mol. The zero-order valence-corrected chi connectivity index (χ0v) is 13.4. The van der Waals surface area contributed by atoms with Crippen molar-refractivity contribution in [2.45, 2.75) is 20.0 Å². The zero-order chi connectivity index (χ0) is 17.2. The first-order valence-corrected chi connectivity index (χ1v) is 7.49. The molecule has 1 N–H and O–H groups in total. The fraction of sp³-hybridized carbons (Fsp3) is 0.211. The Labute approximate surface area is 141 Å². The van der Waals surface area contributed by atoms with E-state index in [-0.39, 0.29) is 6.61 Å². The maximum atomic E-state index is 11.5. The summed E-state index contributed by atoms with van der Waals surface area (Å²) in [5.41, 5.74) is 2.89. The van der Waals surface area contributed by atoms with Gasteiger partial charge in [0.15, 0.2) is 0 Å². The molecule has 0 bridgehead atoms. The molecule has 0 saturated carbocycles. The number of pyridine rings is 1. The van der Waals surface area contributed by atoms with Crippen LogP contribution in [0.5, 0.6) is 0 Å². The largest absolute Gasteiger partial charge is 0.445 e. The van der Waals surface area contributed by atoms with Crippen LogP contribution in [0.4, 0.5) is 4.79 Å². The number of rotatable bonds is 4. The molecule has 2 rings (SSSR count). The predicted octanol–water partition coefficient (Wildman–Crippen LogP) is 2.93. The maximum absolute atomic E-state index is 11.5. The Morgan fingerprint density at radius 3 is 2.83 bits per heavy atom. The van der Waals surface area contributed by atoms with Gasteiger partial charge in [-0.05, 0) is 24.1 Å². The van der Waals surface area contributed by atoms with Gasteiger partial charge in [0.1, 0.15) is 18.4 Å². The van der Waals surface area contributed by atoms with Crippen LogP contribution in [0.25, 0.3) is 0 Å². The SMILES string of the molecule is Cc1cc(C#CCCNC(=O)OCc2ccccc2)cnc1C#N. The van der Waals surface area contributed by atoms with E-state index in [1.54, 1.807) is 6.20 Å². The standard InChI is InChI=1S/C19H17N3O2/c1-15-11-17(13-22-18(15)12-20)9-5-6-10-21-19(23)24-14-16-7-3-2-4-8-16/h2-4,7-8,11,13H,6,10,14H2,1H3,(H,21,23). The van der Waals surface area contributed by atoms with Crippen LogP contribution in [-0.4, -0.2) is 17.6 Å². The van der Waals surface area contributed by atoms with Gasteiger partial charge >= 0.3 is 6.09 Å². The summed E-state index contributed by atoms with van der Waals surface area (Å²) in [4.78, 5) is 15.6. The van der Waals surface area contributed by atoms with Crippen LogP contribution in [-0.2, 0) is 11.3 Å². The molecule has 0 atom stereocenters. The minimum atomic E-state index is -0.462. The summed E-state index contributed by atoms with van der Waals surface area (Å²) in [5, 5.41) is 11.5. The Hall–Kier alpha value is -3.31. The van der Waals surface area contributed by atoms with Crippen LogP contribution in [0.1, 0.15) is 28.8 Å². The molecule has 24 heavy (non-hydrogen) atoms. The monoisotopic (exact) mass is 319 g/mol. The zero-order valence-electron chi connectivity index (χ0n) is 13.4. The van der Waals surface area contributed by atoms with Gasteiger partial charge in [-0.15, -0.1) is 0 Å². The number of benzene rings is 1. The van der Waals surface area contributed by atoms with Gasteiger partial charge in [0.05, 0.1) is 0 Å². The van der Waals surface area contributed by atoms with Gasteiger partial charge in [0.2, 0.25) is 0 Å². The number of nitrogens with zero attached hydrogens (tertiary/aromatic N) is 2. The third kappa shape index (κ3) is 5.47. The first kappa shape index (κ1) is 17.1. The van der Waals surface area contributed by atoms with Crippen molar-refractivity contribution in [1.29, 1.82) is 5.26 Å². The highest BCUT2D eigenvalue weighted by Gasteiger charge is 2.01. The van der Waals surface area contributed by atoms with Crippen molar-refractivity contribution < 1.29 is 9.53 Å². The second kappa shape index (κ2) is 8.97. The Morgan fingerprint density at radius 1 is 1.33 bits per heavy atom. The lowest BCUT2D eigenvalue weighted by Crippen LogP contribution is -2.24. The number of nitrogens with one attached hydrogen (secondary N) is 1. The molecule has 1 aromatic heterocycles. The van der Waals surface area contributed by atoms with E-state index in [0.29, 0.717) is 18.7 Å². The number of alkyl carbamates (subject to hydrolysis) is 1. The molecule has 1 amide bonds. The molecule has 5 nitrogen and oxygen atoms in total. The molecule has 0 spiro atoms. The second-order valence-corrected chi connectivity index (χ2v) is 5.04. The molecule has 2 aromatic rings. The van der Waals surface area contributed by atoms with E-state index in [1.165, 1.54) is 0 Å². The van der Waals surface area contributed by atoms with E-state index in [1.807, 2.05) is 49.4 Å². The summed E-state index contributed by atoms with van der Waals surface area (Å²) in [6.45, 7) is 2.47. The smallest absolute Gasteiger partial charge is 0.407 e. The van der Waals surface area contributed by atoms with Gasteiger partial charge < -0.3 is 10.1 Å². The first-order valence-electron chi connectivity index (χ1n) is 7.49. The van der Waals surface area contributed by atoms with Crippen LogP contribution in [0.2, 0.25) is 0 Å². The molecular weight excluding hydrogens is 302 g/mol. The third-order valence-electron chi connectivity index (χ3n) is 3.15. The van der Waals surface area contributed by atoms with Gasteiger partial charge in [0, 0.05) is 24.7 Å². The molecule has 0 radical (unpaired) electrons. The number of aryl methyl sites for hydroxylation is 1. The molecule has 120 valence electrons. The topological polar surface area (TPSA) is 75.0 Å². The predicted molar refractivity (Wildman–Crippen MR) is 89.8 cm³/mol. The highest BCUT2D eigenvalue weighted by molar-refractivity contribution is 5.67. The van der Waals surface area contributed by atoms with Crippen molar-refractivity contribution in [2.75, 3.05) is 6.54 Å². The molecule has 5 heteroatoms. The van der Waals surface area contributed by atoms with Crippen LogP contribution < -0.4 is 5.32 Å². The van der Waals surface area contributed by atoms with Crippen molar-refractivity contribution in [2.24, 2.45) is 0 Å². The number of hydrogen-bond donors (Lipinski definition) is 1. The Morgan fingerprint density at radius 2 is 2.12 bits per heavy atom. The highest BCUT2D eigenvalue weighted by Crippen LogP contribution is 2.05. The van der Waals surface area contributed by atoms with E-state index >= 15 is 0 Å². The molecule has 0 fully saturated rings. The number of aromatic nitrogens is 1.